The van der Waals surface area contributed by atoms with E-state index < -0.39 is 30.2 Å². The molecular formula is C24H27FN2O4. The number of amides is 2. The smallest absolute Gasteiger partial charge is 0.311 e. The molecule has 1 saturated heterocycles. The van der Waals surface area contributed by atoms with E-state index in [0.29, 0.717) is 5.56 Å². The number of ether oxygens (including phenoxy) is 1. The average Bonchev–Trinajstić information content (AvgIpc) is 3.15. The summed E-state index contributed by atoms with van der Waals surface area (Å²) in [6.07, 6.45) is 0.975. The number of para-hydroxylation sites is 1. The van der Waals surface area contributed by atoms with Gasteiger partial charge in [-0.2, -0.15) is 0 Å². The lowest BCUT2D eigenvalue weighted by Gasteiger charge is -2.23. The fourth-order valence-corrected chi connectivity index (χ4v) is 3.59. The minimum Gasteiger partial charge on any atom is -0.455 e. The van der Waals surface area contributed by atoms with Crippen LogP contribution in [0, 0.1) is 18.7 Å². The highest BCUT2D eigenvalue weighted by molar-refractivity contribution is 6.00. The molecule has 164 valence electrons. The van der Waals surface area contributed by atoms with Gasteiger partial charge in [-0.1, -0.05) is 38.1 Å². The highest BCUT2D eigenvalue weighted by Crippen LogP contribution is 2.33. The Morgan fingerprint density at radius 3 is 2.71 bits per heavy atom. The van der Waals surface area contributed by atoms with E-state index >= 15 is 0 Å². The quantitative estimate of drug-likeness (QED) is 0.674. The highest BCUT2D eigenvalue weighted by Gasteiger charge is 2.37. The van der Waals surface area contributed by atoms with Crippen molar-refractivity contribution < 1.29 is 23.5 Å². The van der Waals surface area contributed by atoms with Gasteiger partial charge in [0.15, 0.2) is 6.61 Å². The molecular weight excluding hydrogens is 399 g/mol. The van der Waals surface area contributed by atoms with Gasteiger partial charge >= 0.3 is 5.97 Å². The maximum atomic E-state index is 13.6. The van der Waals surface area contributed by atoms with E-state index in [4.69, 9.17) is 4.74 Å². The summed E-state index contributed by atoms with van der Waals surface area (Å²) in [4.78, 5) is 38.7. The Bertz CT molecular complexity index is 991. The molecule has 0 unspecified atom stereocenters. The number of esters is 1. The van der Waals surface area contributed by atoms with Crippen molar-refractivity contribution in [3.63, 3.8) is 0 Å². The molecule has 0 aromatic heterocycles. The summed E-state index contributed by atoms with van der Waals surface area (Å²) < 4.78 is 18.7. The van der Waals surface area contributed by atoms with Gasteiger partial charge in [0.2, 0.25) is 5.91 Å². The van der Waals surface area contributed by atoms with Crippen LogP contribution in [0.5, 0.6) is 0 Å². The summed E-state index contributed by atoms with van der Waals surface area (Å²) in [6.45, 7) is 5.53. The zero-order valence-electron chi connectivity index (χ0n) is 18.0. The third kappa shape index (κ3) is 5.29. The number of anilines is 2. The molecule has 1 fully saturated rings. The Hall–Kier alpha value is -3.22. The van der Waals surface area contributed by atoms with Gasteiger partial charge in [-0.3, -0.25) is 14.4 Å². The number of rotatable bonds is 7. The van der Waals surface area contributed by atoms with Gasteiger partial charge in [-0.05, 0) is 48.6 Å². The molecule has 0 spiro atoms. The molecule has 0 bridgehead atoms. The first-order valence-corrected chi connectivity index (χ1v) is 10.4. The second-order valence-corrected chi connectivity index (χ2v) is 7.89. The molecule has 1 aliphatic heterocycles. The Balaban J connectivity index is 1.58. The second kappa shape index (κ2) is 9.73. The first-order valence-electron chi connectivity index (χ1n) is 10.4. The molecule has 1 heterocycles. The van der Waals surface area contributed by atoms with E-state index in [1.165, 1.54) is 6.07 Å². The molecule has 2 aromatic rings. The molecule has 0 radical (unpaired) electrons. The van der Waals surface area contributed by atoms with Crippen molar-refractivity contribution >= 4 is 29.2 Å². The van der Waals surface area contributed by atoms with E-state index in [1.54, 1.807) is 24.0 Å². The van der Waals surface area contributed by atoms with Crippen LogP contribution in [-0.2, 0) is 19.1 Å². The number of nitrogens with one attached hydrogen (secondary N) is 1. The van der Waals surface area contributed by atoms with Gasteiger partial charge < -0.3 is 15.0 Å². The lowest BCUT2D eigenvalue weighted by Crippen LogP contribution is -2.29. The van der Waals surface area contributed by atoms with E-state index in [9.17, 15) is 18.8 Å². The maximum absolute atomic E-state index is 13.6. The SMILES string of the molecule is CC[C@@H](C)c1ccccc1N1C[C@H](C(=O)OCC(=O)Nc2ccc(C)c(F)c2)CC1=O. The number of nitrogens with zero attached hydrogens (tertiary/aromatic N) is 1. The summed E-state index contributed by atoms with van der Waals surface area (Å²) in [6, 6.07) is 12.0. The molecule has 2 aromatic carbocycles. The third-order valence-corrected chi connectivity index (χ3v) is 5.63. The first-order chi connectivity index (χ1) is 14.8. The Morgan fingerprint density at radius 1 is 1.26 bits per heavy atom. The number of carbonyl (C=O) groups is 3. The van der Waals surface area contributed by atoms with Crippen LogP contribution < -0.4 is 10.2 Å². The van der Waals surface area contributed by atoms with Crippen LogP contribution in [-0.4, -0.2) is 30.9 Å². The van der Waals surface area contributed by atoms with Crippen LogP contribution in [0.25, 0.3) is 0 Å². The summed E-state index contributed by atoms with van der Waals surface area (Å²) in [5.74, 6) is -2.09. The Kier molecular flexibility index (Phi) is 7.05. The normalized spacial score (nSPS) is 16.8. The van der Waals surface area contributed by atoms with Crippen molar-refractivity contribution in [3.05, 3.63) is 59.4 Å². The van der Waals surface area contributed by atoms with Gasteiger partial charge in [0.25, 0.3) is 5.91 Å². The van der Waals surface area contributed by atoms with Crippen LogP contribution in [0.2, 0.25) is 0 Å². The molecule has 0 saturated carbocycles. The fraction of sp³-hybridized carbons (Fsp3) is 0.375. The lowest BCUT2D eigenvalue weighted by atomic mass is 9.96. The molecule has 2 atom stereocenters. The lowest BCUT2D eigenvalue weighted by molar-refractivity contribution is -0.151. The number of halogens is 1. The average molecular weight is 426 g/mol. The Morgan fingerprint density at radius 2 is 2.00 bits per heavy atom. The number of aryl methyl sites for hydroxylation is 1. The first kappa shape index (κ1) is 22.5. The van der Waals surface area contributed by atoms with E-state index in [2.05, 4.69) is 19.2 Å². The monoisotopic (exact) mass is 426 g/mol. The standard InChI is InChI=1S/C24H27FN2O4/c1-4-15(2)19-7-5-6-8-21(19)27-13-17(11-23(27)29)24(30)31-14-22(28)26-18-10-9-16(3)20(25)12-18/h5-10,12,15,17H,4,11,13-14H2,1-3H3,(H,26,28)/t15-,17-/m1/s1. The summed E-state index contributed by atoms with van der Waals surface area (Å²) >= 11 is 0. The van der Waals surface area contributed by atoms with Crippen molar-refractivity contribution in [1.29, 1.82) is 0 Å². The van der Waals surface area contributed by atoms with Gasteiger partial charge in [0.1, 0.15) is 5.82 Å². The van der Waals surface area contributed by atoms with Crippen LogP contribution in [0.3, 0.4) is 0 Å². The molecule has 31 heavy (non-hydrogen) atoms. The van der Waals surface area contributed by atoms with Crippen molar-refractivity contribution in [2.75, 3.05) is 23.4 Å². The van der Waals surface area contributed by atoms with E-state index in [0.717, 1.165) is 17.7 Å². The molecule has 1 N–H and O–H groups in total. The van der Waals surface area contributed by atoms with Gasteiger partial charge in [-0.15, -0.1) is 0 Å². The van der Waals surface area contributed by atoms with Crippen LogP contribution >= 0.6 is 0 Å². The molecule has 7 heteroatoms. The van der Waals surface area contributed by atoms with E-state index in [-0.39, 0.29) is 30.5 Å². The molecule has 6 nitrogen and oxygen atoms in total. The molecule has 3 rings (SSSR count). The van der Waals surface area contributed by atoms with Crippen molar-refractivity contribution in [2.24, 2.45) is 5.92 Å². The maximum Gasteiger partial charge on any atom is 0.311 e. The highest BCUT2D eigenvalue weighted by atomic mass is 19.1. The van der Waals surface area contributed by atoms with Crippen molar-refractivity contribution in [1.82, 2.24) is 0 Å². The van der Waals surface area contributed by atoms with Crippen LogP contribution in [0.15, 0.2) is 42.5 Å². The van der Waals surface area contributed by atoms with Gasteiger partial charge in [0, 0.05) is 24.3 Å². The van der Waals surface area contributed by atoms with Crippen LogP contribution in [0.1, 0.15) is 43.7 Å². The molecule has 1 aliphatic rings. The number of hydrogen-bond donors (Lipinski definition) is 1. The largest absolute Gasteiger partial charge is 0.455 e. The van der Waals surface area contributed by atoms with E-state index in [1.807, 2.05) is 24.3 Å². The second-order valence-electron chi connectivity index (χ2n) is 7.89. The zero-order valence-corrected chi connectivity index (χ0v) is 18.0. The number of carbonyl (C=O) groups excluding carboxylic acids is 3. The fourth-order valence-electron chi connectivity index (χ4n) is 3.59. The molecule has 2 amide bonds. The van der Waals surface area contributed by atoms with Crippen molar-refractivity contribution in [3.8, 4) is 0 Å². The zero-order chi connectivity index (χ0) is 22.5. The Labute approximate surface area is 181 Å². The molecule has 0 aliphatic carbocycles. The van der Waals surface area contributed by atoms with Crippen LogP contribution in [0.4, 0.5) is 15.8 Å². The minimum absolute atomic E-state index is 0.0401. The summed E-state index contributed by atoms with van der Waals surface area (Å²) in [7, 11) is 0. The predicted octanol–water partition coefficient (Wildman–Crippen LogP) is 4.18. The van der Waals surface area contributed by atoms with Gasteiger partial charge in [-0.25, -0.2) is 4.39 Å². The minimum atomic E-state index is -0.637. The number of hydrogen-bond acceptors (Lipinski definition) is 4. The summed E-state index contributed by atoms with van der Waals surface area (Å²) in [5.41, 5.74) is 2.64. The third-order valence-electron chi connectivity index (χ3n) is 5.63. The topological polar surface area (TPSA) is 75.7 Å². The van der Waals surface area contributed by atoms with Crippen molar-refractivity contribution in [2.45, 2.75) is 39.5 Å². The predicted molar refractivity (Wildman–Crippen MR) is 116 cm³/mol. The van der Waals surface area contributed by atoms with Gasteiger partial charge in [0.05, 0.1) is 5.92 Å². The number of benzene rings is 2. The summed E-state index contributed by atoms with van der Waals surface area (Å²) in [5, 5.41) is 2.49.